The summed E-state index contributed by atoms with van der Waals surface area (Å²) in [4.78, 5) is 24.5. The minimum absolute atomic E-state index is 0.129. The highest BCUT2D eigenvalue weighted by molar-refractivity contribution is 5.94. The van der Waals surface area contributed by atoms with Gasteiger partial charge in [-0.15, -0.1) is 0 Å². The van der Waals surface area contributed by atoms with Crippen molar-refractivity contribution in [1.82, 2.24) is 10.3 Å². The quantitative estimate of drug-likeness (QED) is 0.450. The molecular weight excluding hydrogens is 222 g/mol. The van der Waals surface area contributed by atoms with Gasteiger partial charge in [-0.2, -0.15) is 0 Å². The van der Waals surface area contributed by atoms with Gasteiger partial charge in [0.25, 0.3) is 5.91 Å². The van der Waals surface area contributed by atoms with Gasteiger partial charge >= 0.3 is 0 Å². The van der Waals surface area contributed by atoms with Crippen LogP contribution >= 0.6 is 0 Å². The molecule has 0 unspecified atom stereocenters. The van der Waals surface area contributed by atoms with Crippen molar-refractivity contribution < 1.29 is 14.0 Å². The van der Waals surface area contributed by atoms with Gasteiger partial charge in [-0.3, -0.25) is 15.0 Å². The first-order valence-electron chi connectivity index (χ1n) is 5.50. The van der Waals surface area contributed by atoms with Gasteiger partial charge in [0.1, 0.15) is 11.5 Å². The number of hydrogen-bond acceptors (Lipinski definition) is 4. The van der Waals surface area contributed by atoms with E-state index in [-0.39, 0.29) is 11.8 Å². The first-order valence-corrected chi connectivity index (χ1v) is 5.50. The Bertz CT molecular complexity index is 453. The van der Waals surface area contributed by atoms with E-state index >= 15 is 0 Å². The van der Waals surface area contributed by atoms with Gasteiger partial charge in [0.2, 0.25) is 5.91 Å². The zero-order chi connectivity index (χ0) is 12.4. The molecule has 1 aliphatic heterocycles. The molecule has 1 fully saturated rings. The highest BCUT2D eigenvalue weighted by Crippen LogP contribution is 2.19. The second kappa shape index (κ2) is 4.58. The third kappa shape index (κ3) is 2.31. The Labute approximate surface area is 98.7 Å². The van der Waals surface area contributed by atoms with E-state index in [1.807, 2.05) is 0 Å². The van der Waals surface area contributed by atoms with Crippen LogP contribution in [0, 0.1) is 6.92 Å². The van der Waals surface area contributed by atoms with E-state index in [0.29, 0.717) is 30.0 Å². The van der Waals surface area contributed by atoms with Crippen molar-refractivity contribution in [2.45, 2.75) is 26.3 Å². The molecule has 0 spiro atoms. The van der Waals surface area contributed by atoms with Gasteiger partial charge in [-0.1, -0.05) is 0 Å². The molecule has 17 heavy (non-hydrogen) atoms. The number of hydrazine groups is 1. The van der Waals surface area contributed by atoms with E-state index < -0.39 is 0 Å². The number of carbonyl (C=O) groups excluding carboxylic acids is 2. The number of hydrogen-bond donors (Lipinski definition) is 2. The summed E-state index contributed by atoms with van der Waals surface area (Å²) in [6.07, 6.45) is 1.48. The fourth-order valence-corrected chi connectivity index (χ4v) is 1.98. The number of furan rings is 1. The molecule has 2 amide bonds. The summed E-state index contributed by atoms with van der Waals surface area (Å²) in [5, 5.41) is 0. The molecule has 1 aromatic rings. The molecule has 0 radical (unpaired) electrons. The second-order valence-corrected chi connectivity index (χ2v) is 4.07. The maximum atomic E-state index is 11.4. The summed E-state index contributed by atoms with van der Waals surface area (Å²) in [7, 11) is 0. The molecule has 0 atom stereocenters. The Morgan fingerprint density at radius 2 is 2.41 bits per heavy atom. The first-order chi connectivity index (χ1) is 8.11. The number of amides is 2. The van der Waals surface area contributed by atoms with Crippen LogP contribution in [0.4, 0.5) is 0 Å². The number of aryl methyl sites for hydroxylation is 1. The smallest absolute Gasteiger partial charge is 0.268 e. The van der Waals surface area contributed by atoms with Crippen molar-refractivity contribution in [3.05, 3.63) is 23.2 Å². The molecule has 3 N–H and O–H groups in total. The Morgan fingerprint density at radius 3 is 3.00 bits per heavy atom. The van der Waals surface area contributed by atoms with Crippen LogP contribution in [0.1, 0.15) is 34.7 Å². The lowest BCUT2D eigenvalue weighted by atomic mass is 10.2. The second-order valence-electron chi connectivity index (χ2n) is 4.07. The maximum Gasteiger partial charge on any atom is 0.268 e. The van der Waals surface area contributed by atoms with Crippen LogP contribution in [0.3, 0.4) is 0 Å². The molecule has 0 aliphatic carbocycles. The van der Waals surface area contributed by atoms with Gasteiger partial charge in [-0.05, 0) is 19.4 Å². The van der Waals surface area contributed by atoms with E-state index in [0.717, 1.165) is 13.0 Å². The SMILES string of the molecule is Cc1oc(CN2CCCC2=O)cc1C(=O)NN. The van der Waals surface area contributed by atoms with E-state index in [1.165, 1.54) is 0 Å². The molecule has 0 aromatic carbocycles. The Morgan fingerprint density at radius 1 is 1.65 bits per heavy atom. The van der Waals surface area contributed by atoms with Gasteiger partial charge in [0, 0.05) is 13.0 Å². The molecule has 2 heterocycles. The predicted octanol–water partition coefficient (Wildman–Crippen LogP) is 0.314. The van der Waals surface area contributed by atoms with Gasteiger partial charge < -0.3 is 9.32 Å². The van der Waals surface area contributed by atoms with E-state index in [1.54, 1.807) is 17.9 Å². The van der Waals surface area contributed by atoms with Gasteiger partial charge in [0.15, 0.2) is 0 Å². The third-order valence-electron chi connectivity index (χ3n) is 2.86. The monoisotopic (exact) mass is 237 g/mol. The summed E-state index contributed by atoms with van der Waals surface area (Å²) < 4.78 is 5.44. The van der Waals surface area contributed by atoms with Crippen molar-refractivity contribution >= 4 is 11.8 Å². The lowest BCUT2D eigenvalue weighted by Gasteiger charge is -2.12. The van der Waals surface area contributed by atoms with Crippen LogP contribution in [0.25, 0.3) is 0 Å². The molecule has 0 bridgehead atoms. The van der Waals surface area contributed by atoms with E-state index in [4.69, 9.17) is 10.3 Å². The lowest BCUT2D eigenvalue weighted by molar-refractivity contribution is -0.128. The van der Waals surface area contributed by atoms with Crippen molar-refractivity contribution in [3.63, 3.8) is 0 Å². The zero-order valence-corrected chi connectivity index (χ0v) is 9.66. The highest BCUT2D eigenvalue weighted by Gasteiger charge is 2.22. The molecule has 92 valence electrons. The summed E-state index contributed by atoms with van der Waals surface area (Å²) in [6.45, 7) is 2.86. The average Bonchev–Trinajstić information content (AvgIpc) is 2.86. The number of nitrogen functional groups attached to an aromatic ring is 1. The van der Waals surface area contributed by atoms with E-state index in [2.05, 4.69) is 5.43 Å². The largest absolute Gasteiger partial charge is 0.464 e. The first kappa shape index (κ1) is 11.7. The summed E-state index contributed by atoms with van der Waals surface area (Å²) in [5.74, 6) is 5.92. The number of carbonyl (C=O) groups is 2. The normalized spacial score (nSPS) is 15.4. The molecule has 1 aliphatic rings. The summed E-state index contributed by atoms with van der Waals surface area (Å²) in [6, 6.07) is 1.63. The Kier molecular flexibility index (Phi) is 3.14. The minimum atomic E-state index is -0.384. The summed E-state index contributed by atoms with van der Waals surface area (Å²) >= 11 is 0. The third-order valence-corrected chi connectivity index (χ3v) is 2.86. The fraction of sp³-hybridized carbons (Fsp3) is 0.455. The molecule has 0 saturated carbocycles. The summed E-state index contributed by atoms with van der Waals surface area (Å²) in [5.41, 5.74) is 2.47. The van der Waals surface area contributed by atoms with Crippen LogP contribution in [0.5, 0.6) is 0 Å². The molecule has 2 rings (SSSR count). The number of nitrogens with one attached hydrogen (secondary N) is 1. The van der Waals surface area contributed by atoms with Crippen LogP contribution in [0.15, 0.2) is 10.5 Å². The van der Waals surface area contributed by atoms with Gasteiger partial charge in [-0.25, -0.2) is 5.84 Å². The Hall–Kier alpha value is -1.82. The fourth-order valence-electron chi connectivity index (χ4n) is 1.98. The maximum absolute atomic E-state index is 11.4. The molecule has 1 saturated heterocycles. The molecular formula is C11H15N3O3. The highest BCUT2D eigenvalue weighted by atomic mass is 16.3. The van der Waals surface area contributed by atoms with Crippen molar-refractivity contribution in [2.24, 2.45) is 5.84 Å². The van der Waals surface area contributed by atoms with Crippen molar-refractivity contribution in [2.75, 3.05) is 6.54 Å². The van der Waals surface area contributed by atoms with Crippen LogP contribution in [-0.4, -0.2) is 23.3 Å². The average molecular weight is 237 g/mol. The number of nitrogens with zero attached hydrogens (tertiary/aromatic N) is 1. The topological polar surface area (TPSA) is 88.6 Å². The molecule has 6 heteroatoms. The Balaban J connectivity index is 2.12. The van der Waals surface area contributed by atoms with Gasteiger partial charge in [0.05, 0.1) is 12.1 Å². The van der Waals surface area contributed by atoms with Crippen LogP contribution < -0.4 is 11.3 Å². The van der Waals surface area contributed by atoms with Crippen LogP contribution in [-0.2, 0) is 11.3 Å². The molecule has 1 aromatic heterocycles. The number of likely N-dealkylation sites (tertiary alicyclic amines) is 1. The van der Waals surface area contributed by atoms with Crippen LogP contribution in [0.2, 0.25) is 0 Å². The predicted molar refractivity (Wildman–Crippen MR) is 59.7 cm³/mol. The standard InChI is InChI=1S/C11H15N3O3/c1-7-9(11(16)13-12)5-8(17-7)6-14-4-2-3-10(14)15/h5H,2-4,6,12H2,1H3,(H,13,16). The van der Waals surface area contributed by atoms with Crippen molar-refractivity contribution in [3.8, 4) is 0 Å². The van der Waals surface area contributed by atoms with Crippen molar-refractivity contribution in [1.29, 1.82) is 0 Å². The minimum Gasteiger partial charge on any atom is -0.464 e. The lowest BCUT2D eigenvalue weighted by Crippen LogP contribution is -2.30. The number of nitrogens with two attached hydrogens (primary N) is 1. The number of rotatable bonds is 3. The zero-order valence-electron chi connectivity index (χ0n) is 9.66. The van der Waals surface area contributed by atoms with E-state index in [9.17, 15) is 9.59 Å². The molecule has 6 nitrogen and oxygen atoms in total.